The van der Waals surface area contributed by atoms with Crippen molar-refractivity contribution < 1.29 is 0 Å². The van der Waals surface area contributed by atoms with E-state index in [0.29, 0.717) is 0 Å². The van der Waals surface area contributed by atoms with Crippen LogP contribution in [-0.4, -0.2) is 0 Å². The van der Waals surface area contributed by atoms with Gasteiger partial charge in [0.1, 0.15) is 0 Å². The van der Waals surface area contributed by atoms with Crippen LogP contribution in [0.25, 0.3) is 22.3 Å². The molecular weight excluding hydrogens is 615 g/mol. The number of benzene rings is 5. The molecule has 6 aliphatic rings. The van der Waals surface area contributed by atoms with Crippen molar-refractivity contribution in [1.29, 1.82) is 0 Å². The second kappa shape index (κ2) is 10.7. The Morgan fingerprint density at radius 2 is 1.04 bits per heavy atom. The molecule has 0 radical (unpaired) electrons. The third-order valence-corrected chi connectivity index (χ3v) is 15.2. The predicted octanol–water partition coefficient (Wildman–Crippen LogP) is 13.6. The van der Waals surface area contributed by atoms with E-state index in [9.17, 15) is 0 Å². The molecule has 0 saturated heterocycles. The van der Waals surface area contributed by atoms with Gasteiger partial charge in [-0.25, -0.2) is 0 Å². The van der Waals surface area contributed by atoms with Crippen molar-refractivity contribution in [1.82, 2.24) is 0 Å². The van der Waals surface area contributed by atoms with Crippen LogP contribution in [-0.2, 0) is 10.8 Å². The summed E-state index contributed by atoms with van der Waals surface area (Å²) < 4.78 is 0. The van der Waals surface area contributed by atoms with Gasteiger partial charge in [-0.2, -0.15) is 0 Å². The molecule has 4 bridgehead atoms. The van der Waals surface area contributed by atoms with Crippen molar-refractivity contribution in [3.8, 4) is 22.3 Å². The number of rotatable bonds is 5. The summed E-state index contributed by atoms with van der Waals surface area (Å²) in [6, 6.07) is 40.9. The lowest BCUT2D eigenvalue weighted by Gasteiger charge is -2.30. The Kier molecular flexibility index (Phi) is 6.42. The molecule has 256 valence electrons. The van der Waals surface area contributed by atoms with Crippen LogP contribution in [0.5, 0.6) is 0 Å². The van der Waals surface area contributed by atoms with Crippen LogP contribution in [0.2, 0.25) is 0 Å². The van der Waals surface area contributed by atoms with Crippen molar-refractivity contribution >= 4 is 17.1 Å². The lowest BCUT2D eigenvalue weighted by Crippen LogP contribution is -2.19. The van der Waals surface area contributed by atoms with E-state index in [2.05, 4.69) is 136 Å². The Bertz CT molecular complexity index is 2130. The average molecular weight is 666 g/mol. The SMILES string of the molecule is CC1(C)c2ccccc2-c2c1ccc1c2C(C)(C)c2cc(N(c3ccc(C4CC5CCC4C5)cc3)c3ccc(C4CC5CCC4C5)cc3)ccc2-1. The zero-order valence-corrected chi connectivity index (χ0v) is 30.9. The fourth-order valence-corrected chi connectivity index (χ4v) is 12.7. The van der Waals surface area contributed by atoms with Gasteiger partial charge in [0.2, 0.25) is 0 Å². The Balaban J connectivity index is 1.01. The van der Waals surface area contributed by atoms with E-state index in [0.717, 1.165) is 35.5 Å². The summed E-state index contributed by atoms with van der Waals surface area (Å²) in [6.45, 7) is 9.74. The maximum atomic E-state index is 2.54. The molecule has 1 nitrogen and oxygen atoms in total. The molecule has 51 heavy (non-hydrogen) atoms. The van der Waals surface area contributed by atoms with E-state index in [1.54, 1.807) is 11.1 Å². The number of hydrogen-bond donors (Lipinski definition) is 0. The van der Waals surface area contributed by atoms with Crippen molar-refractivity contribution in [2.24, 2.45) is 23.7 Å². The number of anilines is 3. The summed E-state index contributed by atoms with van der Waals surface area (Å²) >= 11 is 0. The van der Waals surface area contributed by atoms with E-state index in [4.69, 9.17) is 0 Å². The maximum Gasteiger partial charge on any atom is 0.0465 e. The van der Waals surface area contributed by atoms with E-state index in [1.165, 1.54) is 113 Å². The van der Waals surface area contributed by atoms with Gasteiger partial charge in [-0.05, 0) is 166 Å². The first kappa shape index (κ1) is 30.5. The highest BCUT2D eigenvalue weighted by atomic mass is 15.1. The van der Waals surface area contributed by atoms with Crippen molar-refractivity contribution in [3.05, 3.63) is 137 Å². The van der Waals surface area contributed by atoms with E-state index < -0.39 is 0 Å². The van der Waals surface area contributed by atoms with Crippen molar-refractivity contribution in [2.75, 3.05) is 4.90 Å². The zero-order chi connectivity index (χ0) is 34.2. The van der Waals surface area contributed by atoms with Gasteiger partial charge in [0.05, 0.1) is 0 Å². The molecule has 6 unspecified atom stereocenters. The first-order valence-electron chi connectivity index (χ1n) is 20.2. The minimum atomic E-state index is -0.123. The molecule has 6 atom stereocenters. The number of hydrogen-bond acceptors (Lipinski definition) is 1. The molecule has 4 saturated carbocycles. The summed E-state index contributed by atoms with van der Waals surface area (Å²) in [5.74, 6) is 5.23. The second-order valence-corrected chi connectivity index (χ2v) is 18.5. The van der Waals surface area contributed by atoms with Crippen LogP contribution in [0.15, 0.2) is 103 Å². The van der Waals surface area contributed by atoms with Gasteiger partial charge >= 0.3 is 0 Å². The van der Waals surface area contributed by atoms with E-state index >= 15 is 0 Å². The molecule has 0 N–H and O–H groups in total. The quantitative estimate of drug-likeness (QED) is 0.181. The summed E-state index contributed by atoms with van der Waals surface area (Å²) in [5, 5.41) is 0. The number of nitrogens with zero attached hydrogens (tertiary/aromatic N) is 1. The van der Waals surface area contributed by atoms with Crippen LogP contribution in [0.4, 0.5) is 17.1 Å². The average Bonchev–Trinajstić information content (AvgIpc) is 4.02. The zero-order valence-electron chi connectivity index (χ0n) is 30.9. The highest BCUT2D eigenvalue weighted by molar-refractivity contribution is 5.95. The summed E-state index contributed by atoms with van der Waals surface area (Å²) in [5.41, 5.74) is 18.3. The van der Waals surface area contributed by atoms with Crippen LogP contribution in [0.1, 0.15) is 124 Å². The molecule has 5 aromatic rings. The van der Waals surface area contributed by atoms with Gasteiger partial charge in [-0.1, -0.05) is 107 Å². The molecule has 0 aliphatic heterocycles. The smallest absolute Gasteiger partial charge is 0.0465 e. The molecule has 5 aromatic carbocycles. The van der Waals surface area contributed by atoms with E-state index in [1.807, 2.05) is 0 Å². The Labute approximate surface area is 305 Å². The fraction of sp³-hybridized carbons (Fsp3) is 0.400. The van der Waals surface area contributed by atoms with Gasteiger partial charge < -0.3 is 4.90 Å². The summed E-state index contributed by atoms with van der Waals surface area (Å²) in [6.07, 6.45) is 11.5. The van der Waals surface area contributed by atoms with Crippen molar-refractivity contribution in [2.45, 2.75) is 102 Å². The first-order chi connectivity index (χ1) is 24.8. The van der Waals surface area contributed by atoms with Crippen LogP contribution < -0.4 is 4.90 Å². The Hall–Kier alpha value is -4.10. The first-order valence-corrected chi connectivity index (χ1v) is 20.2. The third kappa shape index (κ3) is 4.33. The van der Waals surface area contributed by atoms with Crippen LogP contribution >= 0.6 is 0 Å². The highest BCUT2D eigenvalue weighted by Crippen LogP contribution is 2.60. The standard InChI is InChI=1S/C50H51N/c1-49(2)44-8-6-5-7-41(44)47-45(49)24-23-40-39-22-21-38(29-46(39)50(3,4)48(40)47)51(36-17-13-32(14-18-36)42-27-30-9-11-34(42)25-30)37-19-15-33(16-20-37)43-28-31-10-12-35(43)26-31/h5-8,13-24,29-31,34-35,42-43H,9-12,25-28H2,1-4H3. The lowest BCUT2D eigenvalue weighted by atomic mass is 9.77. The molecule has 0 aromatic heterocycles. The third-order valence-electron chi connectivity index (χ3n) is 15.2. The monoisotopic (exact) mass is 665 g/mol. The molecule has 0 spiro atoms. The van der Waals surface area contributed by atoms with Gasteiger partial charge in [0.25, 0.3) is 0 Å². The Morgan fingerprint density at radius 3 is 1.61 bits per heavy atom. The Morgan fingerprint density at radius 1 is 0.471 bits per heavy atom. The molecule has 1 heteroatoms. The van der Waals surface area contributed by atoms with Gasteiger partial charge in [-0.15, -0.1) is 0 Å². The van der Waals surface area contributed by atoms with E-state index in [-0.39, 0.29) is 10.8 Å². The number of fused-ring (bicyclic) bond motifs is 11. The van der Waals surface area contributed by atoms with Crippen molar-refractivity contribution in [3.63, 3.8) is 0 Å². The lowest BCUT2D eigenvalue weighted by molar-refractivity contribution is 0.420. The minimum Gasteiger partial charge on any atom is -0.310 e. The molecule has 0 heterocycles. The molecule has 6 aliphatic carbocycles. The maximum absolute atomic E-state index is 2.54. The predicted molar refractivity (Wildman–Crippen MR) is 213 cm³/mol. The molecular formula is C50H51N. The van der Waals surface area contributed by atoms with Gasteiger partial charge in [-0.3, -0.25) is 0 Å². The largest absolute Gasteiger partial charge is 0.310 e. The fourth-order valence-electron chi connectivity index (χ4n) is 12.7. The second-order valence-electron chi connectivity index (χ2n) is 18.5. The highest BCUT2D eigenvalue weighted by Gasteiger charge is 2.45. The molecule has 11 rings (SSSR count). The minimum absolute atomic E-state index is 0.00217. The van der Waals surface area contributed by atoms with Crippen LogP contribution in [0, 0.1) is 23.7 Å². The molecule has 4 fully saturated rings. The normalized spacial score (nSPS) is 28.1. The topological polar surface area (TPSA) is 3.24 Å². The summed E-state index contributed by atoms with van der Waals surface area (Å²) in [7, 11) is 0. The summed E-state index contributed by atoms with van der Waals surface area (Å²) in [4.78, 5) is 2.54. The van der Waals surface area contributed by atoms with Gasteiger partial charge in [0.15, 0.2) is 0 Å². The van der Waals surface area contributed by atoms with Gasteiger partial charge in [0, 0.05) is 27.9 Å². The van der Waals surface area contributed by atoms with Crippen LogP contribution in [0.3, 0.4) is 0 Å². The molecule has 0 amide bonds.